The van der Waals surface area contributed by atoms with Crippen molar-refractivity contribution in [2.24, 2.45) is 0 Å². The molecule has 0 spiro atoms. The number of likely N-dealkylation sites (tertiary alicyclic amines) is 1. The maximum absolute atomic E-state index is 15.6. The Morgan fingerprint density at radius 1 is 0.900 bits per heavy atom. The van der Waals surface area contributed by atoms with Gasteiger partial charge in [0.05, 0.1) is 33.1 Å². The summed E-state index contributed by atoms with van der Waals surface area (Å²) in [5.41, 5.74) is 0.0844. The summed E-state index contributed by atoms with van der Waals surface area (Å²) >= 11 is 6.67. The Kier molecular flexibility index (Phi) is 10.1. The van der Waals surface area contributed by atoms with Crippen molar-refractivity contribution in [2.45, 2.75) is 35.9 Å². The van der Waals surface area contributed by atoms with Crippen LogP contribution in [0.1, 0.15) is 29.5 Å². The van der Waals surface area contributed by atoms with E-state index in [0.717, 1.165) is 36.0 Å². The molecule has 3 aromatic rings. The number of anilines is 1. The predicted octanol–water partition coefficient (Wildman–Crippen LogP) is 3.64. The van der Waals surface area contributed by atoms with Crippen molar-refractivity contribution in [2.75, 3.05) is 79.5 Å². The third-order valence-electron chi connectivity index (χ3n) is 10.0. The first-order chi connectivity index (χ1) is 23.9. The van der Waals surface area contributed by atoms with Crippen LogP contribution in [0, 0.1) is 0 Å². The van der Waals surface area contributed by atoms with Crippen LogP contribution in [0.5, 0.6) is 17.2 Å². The highest BCUT2D eigenvalue weighted by Crippen LogP contribution is 2.55. The number of methoxy groups -OCH3 is 3. The smallest absolute Gasteiger partial charge is 0.274 e. The quantitative estimate of drug-likeness (QED) is 0.307. The van der Waals surface area contributed by atoms with Crippen LogP contribution >= 0.6 is 11.6 Å². The van der Waals surface area contributed by atoms with Crippen molar-refractivity contribution in [1.29, 1.82) is 0 Å². The topological polar surface area (TPSA) is 112 Å². The van der Waals surface area contributed by atoms with Gasteiger partial charge in [-0.3, -0.25) is 19.4 Å². The zero-order valence-corrected chi connectivity index (χ0v) is 30.9. The van der Waals surface area contributed by atoms with E-state index in [4.69, 9.17) is 25.8 Å². The lowest BCUT2D eigenvalue weighted by Crippen LogP contribution is -2.59. The van der Waals surface area contributed by atoms with Gasteiger partial charge in [0.25, 0.3) is 15.9 Å². The lowest BCUT2D eigenvalue weighted by atomic mass is 9.80. The molecule has 50 heavy (non-hydrogen) atoms. The standard InChI is InChI=1S/C36H44ClN5O7S/c1-38(2)34(43)30-8-7-15-41(30)36(27-12-9-24(20-31(27)48-5)23-40-18-16-39(3)17-19-40)28-21-25(37)10-13-29(28)42(35(36)44)50(45,46)33-14-11-26(47-4)22-32(33)49-6/h9-14,20-22,30H,7-8,15-19,23H2,1-6H3/t30?,36-/m1/s1. The van der Waals surface area contributed by atoms with Gasteiger partial charge in [-0.25, -0.2) is 12.7 Å². The number of rotatable bonds is 10. The third-order valence-corrected chi connectivity index (χ3v) is 12.0. The first kappa shape index (κ1) is 35.9. The van der Waals surface area contributed by atoms with E-state index in [1.807, 2.05) is 23.1 Å². The average Bonchev–Trinajstić information content (AvgIpc) is 3.69. The zero-order valence-electron chi connectivity index (χ0n) is 29.3. The Labute approximate surface area is 299 Å². The summed E-state index contributed by atoms with van der Waals surface area (Å²) in [7, 11) is 5.20. The number of hydrogen-bond acceptors (Lipinski definition) is 10. The summed E-state index contributed by atoms with van der Waals surface area (Å²) in [6, 6.07) is 14.0. The number of hydrogen-bond donors (Lipinski definition) is 0. The fourth-order valence-corrected chi connectivity index (χ4v) is 9.26. The minimum atomic E-state index is -4.61. The van der Waals surface area contributed by atoms with Crippen LogP contribution in [-0.4, -0.2) is 121 Å². The summed E-state index contributed by atoms with van der Waals surface area (Å²) in [6.07, 6.45) is 1.09. The number of likely N-dealkylation sites (N-methyl/N-ethyl adjacent to an activating group) is 2. The van der Waals surface area contributed by atoms with Crippen LogP contribution in [0.3, 0.4) is 0 Å². The molecule has 268 valence electrons. The lowest BCUT2D eigenvalue weighted by Gasteiger charge is -2.42. The molecule has 2 atom stereocenters. The van der Waals surface area contributed by atoms with Crippen LogP contribution in [0.4, 0.5) is 5.69 Å². The molecule has 2 fully saturated rings. The SMILES string of the molecule is COc1ccc(S(=O)(=O)N2C(=O)[C@](c3ccc(CN4CCN(C)CC4)cc3OC)(N3CCCC3C(=O)N(C)C)c3cc(Cl)ccc32)c(OC)c1. The summed E-state index contributed by atoms with van der Waals surface area (Å²) < 4.78 is 47.3. The molecule has 1 unspecified atom stereocenters. The van der Waals surface area contributed by atoms with Gasteiger partial charge in [0.15, 0.2) is 5.54 Å². The highest BCUT2D eigenvalue weighted by molar-refractivity contribution is 7.93. The molecule has 2 amide bonds. The number of piperazine rings is 1. The van der Waals surface area contributed by atoms with Gasteiger partial charge in [-0.05, 0) is 61.9 Å². The largest absolute Gasteiger partial charge is 0.497 e. The van der Waals surface area contributed by atoms with Crippen LogP contribution in [0.2, 0.25) is 5.02 Å². The third kappa shape index (κ3) is 5.98. The number of carbonyl (C=O) groups excluding carboxylic acids is 2. The number of nitrogens with zero attached hydrogens (tertiary/aromatic N) is 5. The Balaban J connectivity index is 1.59. The van der Waals surface area contributed by atoms with Gasteiger partial charge in [-0.15, -0.1) is 0 Å². The fraction of sp³-hybridized carbons (Fsp3) is 0.444. The van der Waals surface area contributed by atoms with E-state index < -0.39 is 27.5 Å². The minimum absolute atomic E-state index is 0.0119. The number of halogens is 1. The molecular weight excluding hydrogens is 682 g/mol. The van der Waals surface area contributed by atoms with Crippen molar-refractivity contribution in [3.8, 4) is 17.2 Å². The van der Waals surface area contributed by atoms with Crippen molar-refractivity contribution in [3.63, 3.8) is 0 Å². The van der Waals surface area contributed by atoms with Gasteiger partial charge in [-0.2, -0.15) is 0 Å². The molecule has 0 radical (unpaired) electrons. The maximum atomic E-state index is 15.6. The molecule has 14 heteroatoms. The van der Waals surface area contributed by atoms with E-state index in [0.29, 0.717) is 53.6 Å². The average molecular weight is 726 g/mol. The monoisotopic (exact) mass is 725 g/mol. The molecule has 12 nitrogen and oxygen atoms in total. The number of amides is 2. The summed E-state index contributed by atoms with van der Waals surface area (Å²) in [6.45, 7) is 4.77. The van der Waals surface area contributed by atoms with Gasteiger partial charge in [0, 0.05) is 75.6 Å². The second-order valence-corrected chi connectivity index (χ2v) is 15.4. The van der Waals surface area contributed by atoms with Gasteiger partial charge in [0.1, 0.15) is 22.1 Å². The molecule has 0 aromatic heterocycles. The highest BCUT2D eigenvalue weighted by Gasteiger charge is 2.63. The second kappa shape index (κ2) is 14.0. The first-order valence-electron chi connectivity index (χ1n) is 16.6. The number of sulfonamides is 1. The molecule has 0 saturated carbocycles. The van der Waals surface area contributed by atoms with Crippen molar-refractivity contribution in [1.82, 2.24) is 19.6 Å². The highest BCUT2D eigenvalue weighted by atomic mass is 35.5. The minimum Gasteiger partial charge on any atom is -0.497 e. The van der Waals surface area contributed by atoms with Crippen molar-refractivity contribution in [3.05, 3.63) is 76.3 Å². The van der Waals surface area contributed by atoms with E-state index in [2.05, 4.69) is 16.8 Å². The lowest BCUT2D eigenvalue weighted by molar-refractivity contribution is -0.138. The normalized spacial score (nSPS) is 21.7. The Morgan fingerprint density at radius 2 is 1.62 bits per heavy atom. The van der Waals surface area contributed by atoms with Gasteiger partial charge in [-0.1, -0.05) is 23.7 Å². The Morgan fingerprint density at radius 3 is 2.28 bits per heavy atom. The molecule has 2 saturated heterocycles. The summed E-state index contributed by atoms with van der Waals surface area (Å²) in [4.78, 5) is 37.2. The van der Waals surface area contributed by atoms with E-state index in [1.54, 1.807) is 26.2 Å². The molecule has 3 aromatic carbocycles. The number of fused-ring (bicyclic) bond motifs is 1. The van der Waals surface area contributed by atoms with Gasteiger partial charge in [0.2, 0.25) is 5.91 Å². The maximum Gasteiger partial charge on any atom is 0.274 e. The molecule has 3 heterocycles. The van der Waals surface area contributed by atoms with Gasteiger partial charge < -0.3 is 24.0 Å². The van der Waals surface area contributed by atoms with Crippen LogP contribution < -0.4 is 18.5 Å². The van der Waals surface area contributed by atoms with Crippen molar-refractivity contribution < 1.29 is 32.2 Å². The molecule has 0 N–H and O–H groups in total. The number of carbonyl (C=O) groups is 2. The zero-order chi connectivity index (χ0) is 36.0. The van der Waals surface area contributed by atoms with E-state index >= 15 is 4.79 Å². The molecule has 3 aliphatic heterocycles. The van der Waals surface area contributed by atoms with Crippen LogP contribution in [0.15, 0.2) is 59.5 Å². The van der Waals surface area contributed by atoms with E-state index in [9.17, 15) is 13.2 Å². The number of benzene rings is 3. The van der Waals surface area contributed by atoms with Gasteiger partial charge >= 0.3 is 0 Å². The summed E-state index contributed by atoms with van der Waals surface area (Å²) in [5.74, 6) is -0.158. The summed E-state index contributed by atoms with van der Waals surface area (Å²) in [5, 5.41) is 0.308. The fourth-order valence-electron chi connectivity index (χ4n) is 7.48. The van der Waals surface area contributed by atoms with E-state index in [-0.39, 0.29) is 22.2 Å². The van der Waals surface area contributed by atoms with Crippen LogP contribution in [0.25, 0.3) is 0 Å². The van der Waals surface area contributed by atoms with E-state index in [1.165, 1.54) is 50.5 Å². The molecule has 6 rings (SSSR count). The van der Waals surface area contributed by atoms with Crippen LogP contribution in [-0.2, 0) is 31.7 Å². The number of ether oxygens (including phenoxy) is 3. The van der Waals surface area contributed by atoms with Crippen molar-refractivity contribution >= 4 is 39.1 Å². The molecular formula is C36H44ClN5O7S. The molecule has 3 aliphatic rings. The first-order valence-corrected chi connectivity index (χ1v) is 18.4. The molecule has 0 aliphatic carbocycles. The Hall–Kier alpha value is -3.88. The molecule has 0 bridgehead atoms. The second-order valence-electron chi connectivity index (χ2n) is 13.2. The predicted molar refractivity (Wildman–Crippen MR) is 191 cm³/mol. The Bertz CT molecular complexity index is 1900.